The first kappa shape index (κ1) is 25.8. The summed E-state index contributed by atoms with van der Waals surface area (Å²) in [5.74, 6) is -2.95. The Kier molecular flexibility index (Phi) is 6.39. The fourth-order valence-corrected chi connectivity index (χ4v) is 8.71. The highest BCUT2D eigenvalue weighted by molar-refractivity contribution is 8.14. The van der Waals surface area contributed by atoms with Crippen LogP contribution in [0.1, 0.15) is 53.4 Å². The number of carbonyl (C=O) groups is 3. The second-order valence-corrected chi connectivity index (χ2v) is 12.1. The van der Waals surface area contributed by atoms with E-state index in [-0.39, 0.29) is 30.0 Å². The molecule has 5 nitrogen and oxygen atoms in total. The first-order chi connectivity index (χ1) is 15.8. The number of fused-ring (bicyclic) bond motifs is 5. The van der Waals surface area contributed by atoms with Gasteiger partial charge in [-0.05, 0) is 49.8 Å². The normalized spacial score (nSPS) is 47.4. The van der Waals surface area contributed by atoms with Gasteiger partial charge in [0.2, 0.25) is 5.12 Å². The standard InChI is InChI=1S/C25H31ClF2O5S/c1-5-20(31)33-25(21(32)34-12-26)13(2)8-15-16-10-18(27)17-9-14(29)6-7-22(17,3)24(16,28)19(30)11-23(15,25)4/h6-7,9,13,15-16,18-19,30H,5,8,10-12H2,1-4H3/t13-,15?,16?,18+,19?,22?,23?,24+,25+/m1/s1. The monoisotopic (exact) mass is 516 g/mol. The molecule has 0 spiro atoms. The summed E-state index contributed by atoms with van der Waals surface area (Å²) in [7, 11) is 0. The van der Waals surface area contributed by atoms with Gasteiger partial charge in [0.25, 0.3) is 0 Å². The molecule has 188 valence electrons. The third kappa shape index (κ3) is 3.10. The van der Waals surface area contributed by atoms with Gasteiger partial charge in [0.1, 0.15) is 6.17 Å². The number of aliphatic hydroxyl groups excluding tert-OH is 1. The zero-order valence-corrected chi connectivity index (χ0v) is 21.3. The van der Waals surface area contributed by atoms with E-state index in [9.17, 15) is 19.5 Å². The second kappa shape index (κ2) is 8.41. The lowest BCUT2D eigenvalue weighted by Crippen LogP contribution is -2.70. The van der Waals surface area contributed by atoms with Crippen molar-refractivity contribution >= 4 is 40.2 Å². The Morgan fingerprint density at radius 3 is 2.59 bits per heavy atom. The van der Waals surface area contributed by atoms with Crippen molar-refractivity contribution in [2.24, 2.45) is 28.6 Å². The van der Waals surface area contributed by atoms with Crippen LogP contribution in [-0.2, 0) is 19.1 Å². The summed E-state index contributed by atoms with van der Waals surface area (Å²) in [5, 5.41) is 11.0. The van der Waals surface area contributed by atoms with E-state index in [2.05, 4.69) is 0 Å². The van der Waals surface area contributed by atoms with Crippen molar-refractivity contribution in [1.82, 2.24) is 0 Å². The van der Waals surface area contributed by atoms with Crippen molar-refractivity contribution < 1.29 is 33.0 Å². The van der Waals surface area contributed by atoms with Crippen LogP contribution in [0.15, 0.2) is 23.8 Å². The number of alkyl halides is 3. The van der Waals surface area contributed by atoms with Gasteiger partial charge in [-0.25, -0.2) is 8.78 Å². The average molecular weight is 517 g/mol. The average Bonchev–Trinajstić information content (AvgIpc) is 2.99. The molecule has 3 fully saturated rings. The maximum atomic E-state index is 17.3. The summed E-state index contributed by atoms with van der Waals surface area (Å²) in [6, 6.07) is 0. The number of ketones is 1. The minimum Gasteiger partial charge on any atom is -0.449 e. The van der Waals surface area contributed by atoms with Crippen LogP contribution in [0.5, 0.6) is 0 Å². The molecule has 0 saturated heterocycles. The van der Waals surface area contributed by atoms with Crippen molar-refractivity contribution in [3.05, 3.63) is 23.8 Å². The first-order valence-electron chi connectivity index (χ1n) is 11.7. The maximum absolute atomic E-state index is 17.3. The Morgan fingerprint density at radius 1 is 1.29 bits per heavy atom. The summed E-state index contributed by atoms with van der Waals surface area (Å²) < 4.78 is 38.7. The van der Waals surface area contributed by atoms with Crippen molar-refractivity contribution in [2.45, 2.75) is 76.9 Å². The van der Waals surface area contributed by atoms with Gasteiger partial charge in [-0.1, -0.05) is 38.6 Å². The van der Waals surface area contributed by atoms with Gasteiger partial charge in [-0.3, -0.25) is 14.4 Å². The molecule has 1 N–H and O–H groups in total. The van der Waals surface area contributed by atoms with Crippen molar-refractivity contribution in [2.75, 3.05) is 5.21 Å². The molecule has 9 atom stereocenters. The van der Waals surface area contributed by atoms with E-state index in [4.69, 9.17) is 16.3 Å². The van der Waals surface area contributed by atoms with E-state index in [1.165, 1.54) is 19.1 Å². The molecule has 4 aliphatic rings. The van der Waals surface area contributed by atoms with Gasteiger partial charge in [0.05, 0.1) is 11.3 Å². The van der Waals surface area contributed by atoms with Gasteiger partial charge in [-0.2, -0.15) is 0 Å². The van der Waals surface area contributed by atoms with Crippen LogP contribution < -0.4 is 0 Å². The molecule has 0 bridgehead atoms. The number of thioether (sulfide) groups is 1. The number of hydrogen-bond donors (Lipinski definition) is 1. The first-order valence-corrected chi connectivity index (χ1v) is 13.3. The Bertz CT molecular complexity index is 986. The van der Waals surface area contributed by atoms with E-state index in [0.717, 1.165) is 17.8 Å². The fraction of sp³-hybridized carbons (Fsp3) is 0.720. The number of esters is 1. The summed E-state index contributed by atoms with van der Waals surface area (Å²) in [6.45, 7) is 6.69. The Hall–Kier alpha value is -1.25. The largest absolute Gasteiger partial charge is 0.449 e. The van der Waals surface area contributed by atoms with Gasteiger partial charge in [0.15, 0.2) is 17.1 Å². The molecule has 0 aromatic heterocycles. The zero-order chi connectivity index (χ0) is 25.3. The van der Waals surface area contributed by atoms with Crippen LogP contribution in [0, 0.1) is 28.6 Å². The van der Waals surface area contributed by atoms with Crippen molar-refractivity contribution in [1.29, 1.82) is 0 Å². The van der Waals surface area contributed by atoms with Gasteiger partial charge < -0.3 is 9.84 Å². The fourth-order valence-electron chi connectivity index (χ4n) is 7.63. The molecule has 4 rings (SSSR count). The summed E-state index contributed by atoms with van der Waals surface area (Å²) in [4.78, 5) is 38.0. The molecule has 3 saturated carbocycles. The molecule has 0 amide bonds. The molecule has 0 aliphatic heterocycles. The highest BCUT2D eigenvalue weighted by atomic mass is 35.5. The highest BCUT2D eigenvalue weighted by Crippen LogP contribution is 2.72. The Morgan fingerprint density at radius 2 is 1.97 bits per heavy atom. The topological polar surface area (TPSA) is 80.7 Å². The smallest absolute Gasteiger partial charge is 0.306 e. The highest BCUT2D eigenvalue weighted by Gasteiger charge is 2.78. The SMILES string of the molecule is CCC(=O)O[C@]1(C(=O)SCCl)[C@H](C)CC2C3C[C@H](F)C4=CC(=O)C=CC4(C)[C@@]3(F)C(O)CC21C. The second-order valence-electron chi connectivity index (χ2n) is 10.6. The maximum Gasteiger partial charge on any atom is 0.306 e. The molecule has 0 heterocycles. The number of allylic oxidation sites excluding steroid dienone is 4. The predicted molar refractivity (Wildman–Crippen MR) is 126 cm³/mol. The number of rotatable bonds is 4. The number of carbonyl (C=O) groups excluding carboxylic acids is 3. The van der Waals surface area contributed by atoms with E-state index >= 15 is 8.78 Å². The molecule has 34 heavy (non-hydrogen) atoms. The van der Waals surface area contributed by atoms with E-state index in [1.807, 2.05) is 0 Å². The third-order valence-electron chi connectivity index (χ3n) is 9.22. The molecule has 0 aromatic carbocycles. The van der Waals surface area contributed by atoms with Gasteiger partial charge >= 0.3 is 5.97 Å². The summed E-state index contributed by atoms with van der Waals surface area (Å²) in [6.07, 6.45) is 0.613. The Balaban J connectivity index is 1.87. The van der Waals surface area contributed by atoms with E-state index < -0.39 is 69.0 Å². The number of halogens is 3. The van der Waals surface area contributed by atoms with Crippen LogP contribution in [-0.4, -0.2) is 50.7 Å². The number of aliphatic hydroxyl groups is 1. The van der Waals surface area contributed by atoms with Crippen molar-refractivity contribution in [3.8, 4) is 0 Å². The molecule has 4 aliphatic carbocycles. The molecular formula is C25H31ClF2O5S. The van der Waals surface area contributed by atoms with Crippen LogP contribution in [0.25, 0.3) is 0 Å². The third-order valence-corrected chi connectivity index (χ3v) is 10.2. The molecule has 9 heteroatoms. The van der Waals surface area contributed by atoms with E-state index in [0.29, 0.717) is 6.42 Å². The van der Waals surface area contributed by atoms with Crippen LogP contribution in [0.2, 0.25) is 0 Å². The van der Waals surface area contributed by atoms with Gasteiger partial charge in [0, 0.05) is 29.1 Å². The predicted octanol–water partition coefficient (Wildman–Crippen LogP) is 4.70. The molecule has 0 radical (unpaired) electrons. The van der Waals surface area contributed by atoms with Crippen molar-refractivity contribution in [3.63, 3.8) is 0 Å². The minimum absolute atomic E-state index is 0.0462. The van der Waals surface area contributed by atoms with Gasteiger partial charge in [-0.15, -0.1) is 11.6 Å². The van der Waals surface area contributed by atoms with Crippen LogP contribution in [0.3, 0.4) is 0 Å². The summed E-state index contributed by atoms with van der Waals surface area (Å²) in [5.41, 5.74) is -6.46. The lowest BCUT2D eigenvalue weighted by atomic mass is 9.44. The number of ether oxygens (including phenoxy) is 1. The Labute approximate surface area is 207 Å². The van der Waals surface area contributed by atoms with Crippen LogP contribution >= 0.6 is 23.4 Å². The van der Waals surface area contributed by atoms with Crippen LogP contribution in [0.4, 0.5) is 8.78 Å². The van der Waals surface area contributed by atoms with E-state index in [1.54, 1.807) is 20.8 Å². The molecule has 5 unspecified atom stereocenters. The lowest BCUT2D eigenvalue weighted by Gasteiger charge is -2.63. The molecular weight excluding hydrogens is 486 g/mol. The lowest BCUT2D eigenvalue weighted by molar-refractivity contribution is -0.228. The minimum atomic E-state index is -2.25. The zero-order valence-electron chi connectivity index (χ0n) is 19.8. The molecule has 0 aromatic rings. The summed E-state index contributed by atoms with van der Waals surface area (Å²) >= 11 is 6.69. The number of hydrogen-bond acceptors (Lipinski definition) is 6. The quantitative estimate of drug-likeness (QED) is 0.431.